The predicted molar refractivity (Wildman–Crippen MR) is 130 cm³/mol. The molecule has 2 amide bonds. The van der Waals surface area contributed by atoms with Gasteiger partial charge in [-0.05, 0) is 73.3 Å². The maximum absolute atomic E-state index is 13.5. The fourth-order valence-corrected chi connectivity index (χ4v) is 4.79. The Morgan fingerprint density at radius 1 is 1.15 bits per heavy atom. The number of amides is 2. The lowest BCUT2D eigenvalue weighted by molar-refractivity contribution is 0.0583. The predicted octanol–water partition coefficient (Wildman–Crippen LogP) is 3.88. The van der Waals surface area contributed by atoms with E-state index in [9.17, 15) is 9.59 Å². The molecule has 1 saturated carbocycles. The van der Waals surface area contributed by atoms with Crippen molar-refractivity contribution in [3.05, 3.63) is 75.8 Å². The van der Waals surface area contributed by atoms with Crippen LogP contribution in [-0.4, -0.2) is 38.4 Å². The Balaban J connectivity index is 1.52. The van der Waals surface area contributed by atoms with Crippen molar-refractivity contribution in [2.24, 2.45) is 5.73 Å². The standard InChI is InChI=1S/C25H26N6O2S/c1-16-23(34-30-29-16)24(32)28-20-12-8-18(9-13-20)15-31(22-5-3-2-4-21(22)27)25(33)19-10-6-17(14-26)7-11-19/h6-13,21-22H,2-5,15,27H2,1H3,(H,28,32). The number of nitrogens with two attached hydrogens (primary N) is 1. The zero-order valence-corrected chi connectivity index (χ0v) is 19.7. The Morgan fingerprint density at radius 2 is 1.85 bits per heavy atom. The van der Waals surface area contributed by atoms with Gasteiger partial charge in [0, 0.05) is 29.9 Å². The Bertz CT molecular complexity index is 1200. The zero-order chi connectivity index (χ0) is 24.1. The molecule has 1 heterocycles. The van der Waals surface area contributed by atoms with Crippen LogP contribution in [0.3, 0.4) is 0 Å². The number of nitrogens with one attached hydrogen (secondary N) is 1. The Morgan fingerprint density at radius 3 is 2.47 bits per heavy atom. The molecule has 3 aromatic rings. The Hall–Kier alpha value is -3.61. The van der Waals surface area contributed by atoms with Crippen molar-refractivity contribution in [1.29, 1.82) is 5.26 Å². The number of nitriles is 1. The molecule has 0 radical (unpaired) electrons. The first-order valence-electron chi connectivity index (χ1n) is 11.2. The molecule has 2 unspecified atom stereocenters. The van der Waals surface area contributed by atoms with Crippen LogP contribution in [0.15, 0.2) is 48.5 Å². The number of hydrogen-bond acceptors (Lipinski definition) is 7. The number of anilines is 1. The molecule has 9 heteroatoms. The molecule has 0 aliphatic heterocycles. The second kappa shape index (κ2) is 10.5. The van der Waals surface area contributed by atoms with Crippen LogP contribution in [0.5, 0.6) is 0 Å². The molecule has 3 N–H and O–H groups in total. The van der Waals surface area contributed by atoms with Crippen molar-refractivity contribution in [1.82, 2.24) is 14.5 Å². The van der Waals surface area contributed by atoms with Gasteiger partial charge < -0.3 is 16.0 Å². The number of benzene rings is 2. The lowest BCUT2D eigenvalue weighted by Gasteiger charge is -2.38. The monoisotopic (exact) mass is 474 g/mol. The number of aromatic nitrogens is 2. The van der Waals surface area contributed by atoms with Crippen molar-refractivity contribution in [2.45, 2.75) is 51.2 Å². The minimum Gasteiger partial charge on any atom is -0.330 e. The van der Waals surface area contributed by atoms with E-state index in [0.717, 1.165) is 42.8 Å². The van der Waals surface area contributed by atoms with E-state index in [1.165, 1.54) is 0 Å². The largest absolute Gasteiger partial charge is 0.330 e. The molecule has 2 atom stereocenters. The van der Waals surface area contributed by atoms with Crippen LogP contribution in [0.2, 0.25) is 0 Å². The highest BCUT2D eigenvalue weighted by atomic mass is 32.1. The summed E-state index contributed by atoms with van der Waals surface area (Å²) in [6.07, 6.45) is 3.85. The molecular weight excluding hydrogens is 448 g/mol. The normalized spacial score (nSPS) is 17.6. The van der Waals surface area contributed by atoms with Gasteiger partial charge >= 0.3 is 0 Å². The van der Waals surface area contributed by atoms with Crippen LogP contribution in [-0.2, 0) is 6.54 Å². The summed E-state index contributed by atoms with van der Waals surface area (Å²) in [6, 6.07) is 16.1. The molecule has 1 aliphatic rings. The number of aryl methyl sites for hydroxylation is 1. The first kappa shape index (κ1) is 23.5. The first-order chi connectivity index (χ1) is 16.5. The topological polar surface area (TPSA) is 125 Å². The number of rotatable bonds is 6. The van der Waals surface area contributed by atoms with Crippen molar-refractivity contribution in [3.8, 4) is 6.07 Å². The van der Waals surface area contributed by atoms with Gasteiger partial charge in [0.2, 0.25) is 0 Å². The van der Waals surface area contributed by atoms with Crippen molar-refractivity contribution < 1.29 is 9.59 Å². The Kier molecular flexibility index (Phi) is 7.30. The van der Waals surface area contributed by atoms with Gasteiger partial charge in [0.05, 0.1) is 17.3 Å². The van der Waals surface area contributed by atoms with Gasteiger partial charge in [-0.25, -0.2) is 0 Å². The van der Waals surface area contributed by atoms with Crippen LogP contribution < -0.4 is 11.1 Å². The molecule has 34 heavy (non-hydrogen) atoms. The number of carbonyl (C=O) groups is 2. The van der Waals surface area contributed by atoms with Gasteiger partial charge in [-0.3, -0.25) is 9.59 Å². The molecule has 1 aromatic heterocycles. The fraction of sp³-hybridized carbons (Fsp3) is 0.320. The Labute approximate surface area is 202 Å². The highest BCUT2D eigenvalue weighted by Gasteiger charge is 2.31. The lowest BCUT2D eigenvalue weighted by atomic mass is 9.89. The average Bonchev–Trinajstić information content (AvgIpc) is 3.30. The van der Waals surface area contributed by atoms with E-state index in [-0.39, 0.29) is 23.9 Å². The summed E-state index contributed by atoms with van der Waals surface area (Å²) >= 11 is 1.06. The maximum atomic E-state index is 13.5. The second-order valence-corrected chi connectivity index (χ2v) is 9.23. The molecule has 0 spiro atoms. The summed E-state index contributed by atoms with van der Waals surface area (Å²) in [5.74, 6) is -0.344. The van der Waals surface area contributed by atoms with Gasteiger partial charge in [-0.15, -0.1) is 5.10 Å². The van der Waals surface area contributed by atoms with Crippen LogP contribution >= 0.6 is 11.5 Å². The van der Waals surface area contributed by atoms with E-state index in [0.29, 0.717) is 33.9 Å². The van der Waals surface area contributed by atoms with Crippen LogP contribution in [0.4, 0.5) is 5.69 Å². The van der Waals surface area contributed by atoms with Gasteiger partial charge in [0.1, 0.15) is 4.88 Å². The van der Waals surface area contributed by atoms with Gasteiger partial charge in [0.25, 0.3) is 11.8 Å². The van der Waals surface area contributed by atoms with Crippen molar-refractivity contribution in [2.75, 3.05) is 5.32 Å². The molecule has 0 saturated heterocycles. The van der Waals surface area contributed by atoms with E-state index >= 15 is 0 Å². The molecular formula is C25H26N6O2S. The molecule has 2 aromatic carbocycles. The molecule has 0 bridgehead atoms. The summed E-state index contributed by atoms with van der Waals surface area (Å²) < 4.78 is 3.80. The van der Waals surface area contributed by atoms with E-state index in [4.69, 9.17) is 11.0 Å². The highest BCUT2D eigenvalue weighted by molar-refractivity contribution is 7.08. The second-order valence-electron chi connectivity index (χ2n) is 8.48. The van der Waals surface area contributed by atoms with Crippen molar-refractivity contribution in [3.63, 3.8) is 0 Å². The molecule has 1 fully saturated rings. The van der Waals surface area contributed by atoms with E-state index in [1.807, 2.05) is 29.2 Å². The fourth-order valence-electron chi connectivity index (χ4n) is 4.24. The minimum atomic E-state index is -0.244. The van der Waals surface area contributed by atoms with E-state index in [1.54, 1.807) is 31.2 Å². The van der Waals surface area contributed by atoms with Crippen molar-refractivity contribution >= 4 is 29.0 Å². The average molecular weight is 475 g/mol. The lowest BCUT2D eigenvalue weighted by Crippen LogP contribution is -2.51. The van der Waals surface area contributed by atoms with Gasteiger partial charge in [-0.1, -0.05) is 29.5 Å². The summed E-state index contributed by atoms with van der Waals surface area (Å²) in [5, 5.41) is 15.8. The minimum absolute atomic E-state index is 0.0573. The summed E-state index contributed by atoms with van der Waals surface area (Å²) in [7, 11) is 0. The third kappa shape index (κ3) is 5.30. The van der Waals surface area contributed by atoms with Crippen LogP contribution in [0, 0.1) is 18.3 Å². The quantitative estimate of drug-likeness (QED) is 0.558. The highest BCUT2D eigenvalue weighted by Crippen LogP contribution is 2.26. The molecule has 4 rings (SSSR count). The molecule has 174 valence electrons. The number of hydrogen-bond donors (Lipinski definition) is 2. The number of carbonyl (C=O) groups excluding carboxylic acids is 2. The maximum Gasteiger partial charge on any atom is 0.269 e. The number of nitrogens with zero attached hydrogens (tertiary/aromatic N) is 4. The van der Waals surface area contributed by atoms with Gasteiger partial charge in [-0.2, -0.15) is 5.26 Å². The summed E-state index contributed by atoms with van der Waals surface area (Å²) in [5.41, 5.74) is 9.68. The summed E-state index contributed by atoms with van der Waals surface area (Å²) in [4.78, 5) is 28.2. The SMILES string of the molecule is Cc1nnsc1C(=O)Nc1ccc(CN(C(=O)c2ccc(C#N)cc2)C2CCCCC2N)cc1. The van der Waals surface area contributed by atoms with Gasteiger partial charge in [0.15, 0.2) is 0 Å². The molecule has 8 nitrogen and oxygen atoms in total. The first-order valence-corrected chi connectivity index (χ1v) is 12.0. The van der Waals surface area contributed by atoms with Crippen LogP contribution in [0.1, 0.15) is 62.5 Å². The van der Waals surface area contributed by atoms with E-state index in [2.05, 4.69) is 21.0 Å². The molecule has 1 aliphatic carbocycles. The zero-order valence-electron chi connectivity index (χ0n) is 18.9. The third-order valence-corrected chi connectivity index (χ3v) is 6.95. The third-order valence-electron chi connectivity index (χ3n) is 6.13. The van der Waals surface area contributed by atoms with Crippen LogP contribution in [0.25, 0.3) is 0 Å². The summed E-state index contributed by atoms with van der Waals surface area (Å²) in [6.45, 7) is 2.15. The smallest absolute Gasteiger partial charge is 0.269 e. The van der Waals surface area contributed by atoms with E-state index < -0.39 is 0 Å².